The Bertz CT molecular complexity index is 760. The van der Waals surface area contributed by atoms with E-state index in [1.807, 2.05) is 6.07 Å². The molecule has 0 unspecified atom stereocenters. The average molecular weight is 287 g/mol. The molecular formula is C13H9N3O3S. The van der Waals surface area contributed by atoms with E-state index in [0.29, 0.717) is 10.7 Å². The molecule has 0 radical (unpaired) electrons. The minimum absolute atomic E-state index is 0.0918. The van der Waals surface area contributed by atoms with Gasteiger partial charge in [0, 0.05) is 5.56 Å². The van der Waals surface area contributed by atoms with Crippen LogP contribution in [0.15, 0.2) is 34.2 Å². The number of aromatic carboxylic acids is 1. The molecule has 0 fully saturated rings. The van der Waals surface area contributed by atoms with Crippen LogP contribution in [-0.2, 0) is 0 Å². The summed E-state index contributed by atoms with van der Waals surface area (Å²) in [6, 6.07) is 7.67. The summed E-state index contributed by atoms with van der Waals surface area (Å²) in [6.07, 6.45) is 1.75. The molecule has 0 atom stereocenters. The SMILES string of the molecule is CSc1nc(-c2ccc(C(=O)O)cc2)c(C#N)c(=O)[nH]1. The highest BCUT2D eigenvalue weighted by Crippen LogP contribution is 2.21. The molecule has 20 heavy (non-hydrogen) atoms. The summed E-state index contributed by atoms with van der Waals surface area (Å²) in [5.41, 5.74) is 0.294. The third kappa shape index (κ3) is 2.55. The van der Waals surface area contributed by atoms with Gasteiger partial charge in [-0.2, -0.15) is 5.26 Å². The zero-order chi connectivity index (χ0) is 14.7. The van der Waals surface area contributed by atoms with Gasteiger partial charge in [-0.1, -0.05) is 23.9 Å². The van der Waals surface area contributed by atoms with Crippen molar-refractivity contribution in [2.75, 3.05) is 6.26 Å². The smallest absolute Gasteiger partial charge is 0.335 e. The normalized spacial score (nSPS) is 10.0. The average Bonchev–Trinajstić information content (AvgIpc) is 2.46. The largest absolute Gasteiger partial charge is 0.478 e. The van der Waals surface area contributed by atoms with Crippen LogP contribution in [0, 0.1) is 11.3 Å². The first-order chi connectivity index (χ1) is 9.56. The first-order valence-corrected chi connectivity index (χ1v) is 6.71. The Balaban J connectivity index is 2.62. The third-order valence-corrected chi connectivity index (χ3v) is 3.19. The summed E-state index contributed by atoms with van der Waals surface area (Å²) >= 11 is 1.25. The van der Waals surface area contributed by atoms with Gasteiger partial charge in [-0.15, -0.1) is 0 Å². The van der Waals surface area contributed by atoms with Crippen molar-refractivity contribution < 1.29 is 9.90 Å². The van der Waals surface area contributed by atoms with Gasteiger partial charge < -0.3 is 10.1 Å². The lowest BCUT2D eigenvalue weighted by Crippen LogP contribution is -2.14. The fraction of sp³-hybridized carbons (Fsp3) is 0.0769. The summed E-state index contributed by atoms with van der Waals surface area (Å²) in [6.45, 7) is 0. The zero-order valence-electron chi connectivity index (χ0n) is 10.4. The lowest BCUT2D eigenvalue weighted by Gasteiger charge is -2.05. The molecule has 2 rings (SSSR count). The maximum absolute atomic E-state index is 11.8. The molecule has 2 aromatic rings. The van der Waals surface area contributed by atoms with E-state index in [0.717, 1.165) is 0 Å². The summed E-state index contributed by atoms with van der Waals surface area (Å²) in [7, 11) is 0. The summed E-state index contributed by atoms with van der Waals surface area (Å²) in [5, 5.41) is 18.3. The molecule has 2 N–H and O–H groups in total. The Labute approximate surface area is 118 Å². The zero-order valence-corrected chi connectivity index (χ0v) is 11.2. The first-order valence-electron chi connectivity index (χ1n) is 5.49. The molecule has 1 aromatic heterocycles. The standard InChI is InChI=1S/C13H9N3O3S/c1-20-13-15-10(9(6-14)11(17)16-13)7-2-4-8(5-3-7)12(18)19/h2-5H,1H3,(H,18,19)(H,15,16,17). The Morgan fingerprint density at radius 2 is 2.05 bits per heavy atom. The number of nitrogens with zero attached hydrogens (tertiary/aromatic N) is 2. The molecular weight excluding hydrogens is 278 g/mol. The number of carboxylic acid groups (broad SMARTS) is 1. The minimum atomic E-state index is -1.04. The summed E-state index contributed by atoms with van der Waals surface area (Å²) < 4.78 is 0. The number of rotatable bonds is 3. The number of aromatic nitrogens is 2. The molecule has 0 aliphatic heterocycles. The molecule has 7 heteroatoms. The number of hydrogen-bond donors (Lipinski definition) is 2. The Hall–Kier alpha value is -2.59. The fourth-order valence-corrected chi connectivity index (χ4v) is 2.01. The van der Waals surface area contributed by atoms with Gasteiger partial charge in [0.05, 0.1) is 11.3 Å². The van der Waals surface area contributed by atoms with Crippen molar-refractivity contribution in [1.29, 1.82) is 5.26 Å². The minimum Gasteiger partial charge on any atom is -0.478 e. The van der Waals surface area contributed by atoms with Crippen molar-refractivity contribution in [3.8, 4) is 17.3 Å². The van der Waals surface area contributed by atoms with Crippen LogP contribution < -0.4 is 5.56 Å². The van der Waals surface area contributed by atoms with Crippen LogP contribution in [-0.4, -0.2) is 27.3 Å². The predicted octanol–water partition coefficient (Wildman–Crippen LogP) is 1.73. The summed E-state index contributed by atoms with van der Waals surface area (Å²) in [5.74, 6) is -1.04. The van der Waals surface area contributed by atoms with E-state index in [4.69, 9.17) is 10.4 Å². The number of H-pyrrole nitrogens is 1. The van der Waals surface area contributed by atoms with E-state index in [9.17, 15) is 9.59 Å². The van der Waals surface area contributed by atoms with E-state index in [-0.39, 0.29) is 16.8 Å². The quantitative estimate of drug-likeness (QED) is 0.657. The molecule has 0 bridgehead atoms. The van der Waals surface area contributed by atoms with Crippen molar-refractivity contribution in [3.05, 3.63) is 45.7 Å². The van der Waals surface area contributed by atoms with Crippen LogP contribution in [0.3, 0.4) is 0 Å². The summed E-state index contributed by atoms with van der Waals surface area (Å²) in [4.78, 5) is 29.3. The molecule has 0 spiro atoms. The number of hydrogen-bond acceptors (Lipinski definition) is 5. The van der Waals surface area contributed by atoms with Crippen LogP contribution in [0.1, 0.15) is 15.9 Å². The van der Waals surface area contributed by atoms with Gasteiger partial charge in [0.2, 0.25) is 0 Å². The second-order valence-corrected chi connectivity index (χ2v) is 4.59. The van der Waals surface area contributed by atoms with Gasteiger partial charge in [-0.3, -0.25) is 4.79 Å². The van der Waals surface area contributed by atoms with E-state index < -0.39 is 11.5 Å². The van der Waals surface area contributed by atoms with Crippen molar-refractivity contribution in [2.45, 2.75) is 5.16 Å². The van der Waals surface area contributed by atoms with Gasteiger partial charge in [0.15, 0.2) is 5.16 Å². The number of nitrogens with one attached hydrogen (secondary N) is 1. The molecule has 0 saturated heterocycles. The lowest BCUT2D eigenvalue weighted by molar-refractivity contribution is 0.0697. The highest BCUT2D eigenvalue weighted by atomic mass is 32.2. The lowest BCUT2D eigenvalue weighted by atomic mass is 10.1. The highest BCUT2D eigenvalue weighted by molar-refractivity contribution is 7.98. The van der Waals surface area contributed by atoms with Crippen molar-refractivity contribution in [3.63, 3.8) is 0 Å². The first kappa shape index (κ1) is 13.8. The maximum atomic E-state index is 11.8. The van der Waals surface area contributed by atoms with E-state index in [1.54, 1.807) is 6.26 Å². The molecule has 0 aliphatic carbocycles. The number of aromatic amines is 1. The van der Waals surface area contributed by atoms with Gasteiger partial charge in [0.25, 0.3) is 5.56 Å². The van der Waals surface area contributed by atoms with Gasteiger partial charge in [-0.25, -0.2) is 9.78 Å². The topological polar surface area (TPSA) is 107 Å². The van der Waals surface area contributed by atoms with Crippen molar-refractivity contribution in [1.82, 2.24) is 9.97 Å². The van der Waals surface area contributed by atoms with Gasteiger partial charge in [-0.05, 0) is 18.4 Å². The van der Waals surface area contributed by atoms with Crippen molar-refractivity contribution >= 4 is 17.7 Å². The number of benzene rings is 1. The van der Waals surface area contributed by atoms with E-state index in [1.165, 1.54) is 36.0 Å². The Morgan fingerprint density at radius 1 is 1.40 bits per heavy atom. The van der Waals surface area contributed by atoms with Gasteiger partial charge >= 0.3 is 5.97 Å². The molecule has 0 aliphatic rings. The molecule has 1 aromatic carbocycles. The molecule has 1 heterocycles. The maximum Gasteiger partial charge on any atom is 0.335 e. The number of carbonyl (C=O) groups is 1. The molecule has 6 nitrogen and oxygen atoms in total. The van der Waals surface area contributed by atoms with Crippen LogP contribution in [0.4, 0.5) is 0 Å². The number of thioether (sulfide) groups is 1. The number of carboxylic acids is 1. The van der Waals surface area contributed by atoms with Crippen LogP contribution in [0.25, 0.3) is 11.3 Å². The van der Waals surface area contributed by atoms with Crippen LogP contribution >= 0.6 is 11.8 Å². The Kier molecular flexibility index (Phi) is 3.86. The predicted molar refractivity (Wildman–Crippen MR) is 73.7 cm³/mol. The van der Waals surface area contributed by atoms with Crippen molar-refractivity contribution in [2.24, 2.45) is 0 Å². The molecule has 100 valence electrons. The van der Waals surface area contributed by atoms with Gasteiger partial charge in [0.1, 0.15) is 11.6 Å². The second-order valence-electron chi connectivity index (χ2n) is 3.79. The second kappa shape index (κ2) is 5.59. The van der Waals surface area contributed by atoms with Crippen LogP contribution in [0.5, 0.6) is 0 Å². The van der Waals surface area contributed by atoms with E-state index >= 15 is 0 Å². The third-order valence-electron chi connectivity index (χ3n) is 2.61. The number of nitriles is 1. The Morgan fingerprint density at radius 3 is 2.55 bits per heavy atom. The van der Waals surface area contributed by atoms with E-state index in [2.05, 4.69) is 9.97 Å². The molecule has 0 saturated carbocycles. The molecule has 0 amide bonds. The monoisotopic (exact) mass is 287 g/mol. The fourth-order valence-electron chi connectivity index (χ4n) is 1.63. The van der Waals surface area contributed by atoms with Crippen LogP contribution in [0.2, 0.25) is 0 Å². The highest BCUT2D eigenvalue weighted by Gasteiger charge is 2.13.